The van der Waals surface area contributed by atoms with E-state index in [0.29, 0.717) is 5.76 Å². The van der Waals surface area contributed by atoms with Crippen molar-refractivity contribution >= 4 is 23.5 Å². The normalized spacial score (nSPS) is 10.7. The second-order valence-electron chi connectivity index (χ2n) is 3.93. The Morgan fingerprint density at radius 2 is 2.20 bits per heavy atom. The van der Waals surface area contributed by atoms with Gasteiger partial charge in [0, 0.05) is 12.1 Å². The van der Waals surface area contributed by atoms with E-state index in [4.69, 9.17) is 4.42 Å². The Kier molecular flexibility index (Phi) is 3.90. The van der Waals surface area contributed by atoms with E-state index >= 15 is 0 Å². The Morgan fingerprint density at radius 3 is 2.75 bits per heavy atom. The van der Waals surface area contributed by atoms with E-state index in [1.54, 1.807) is 19.1 Å². The summed E-state index contributed by atoms with van der Waals surface area (Å²) in [6, 6.07) is 6.15. The number of aromatic nitrogens is 1. The molecule has 0 fully saturated rings. The van der Waals surface area contributed by atoms with E-state index in [-0.39, 0.29) is 11.5 Å². The molecule has 0 saturated carbocycles. The second-order valence-corrected chi connectivity index (χ2v) is 3.93. The Bertz CT molecular complexity index is 659. The number of furan rings is 1. The molecule has 0 atom stereocenters. The Labute approximate surface area is 114 Å². The number of amides is 1. The number of hydrogen-bond acceptors (Lipinski definition) is 5. The topological polar surface area (TPSA) is 98.3 Å². The van der Waals surface area contributed by atoms with Crippen molar-refractivity contribution in [3.05, 3.63) is 58.2 Å². The molecule has 0 bridgehead atoms. The standard InChI is InChI=1S/C13H11N3O4/c1-9-2-4-11(20-9)5-7-13(17)15-12-6-3-10(8-14-12)16(18)19/h2-8H,1H3,(H,14,15,17)/b7-5+. The van der Waals surface area contributed by atoms with Crippen molar-refractivity contribution < 1.29 is 14.1 Å². The summed E-state index contributed by atoms with van der Waals surface area (Å²) < 4.78 is 5.27. The maximum absolute atomic E-state index is 11.6. The first-order valence-corrected chi connectivity index (χ1v) is 5.70. The molecule has 0 aliphatic heterocycles. The zero-order valence-corrected chi connectivity index (χ0v) is 10.6. The van der Waals surface area contributed by atoms with Crippen molar-refractivity contribution in [2.45, 2.75) is 6.92 Å². The third kappa shape index (κ3) is 3.52. The van der Waals surface area contributed by atoms with Crippen LogP contribution in [0, 0.1) is 17.0 Å². The molecule has 1 amide bonds. The van der Waals surface area contributed by atoms with Crippen LogP contribution in [0.1, 0.15) is 11.5 Å². The summed E-state index contributed by atoms with van der Waals surface area (Å²) in [5.41, 5.74) is -0.135. The molecule has 2 rings (SSSR count). The van der Waals surface area contributed by atoms with Gasteiger partial charge in [0.05, 0.1) is 4.92 Å². The SMILES string of the molecule is Cc1ccc(/C=C/C(=O)Nc2ccc([N+](=O)[O-])cn2)o1. The van der Waals surface area contributed by atoms with Crippen LogP contribution in [0.5, 0.6) is 0 Å². The molecule has 7 heteroatoms. The lowest BCUT2D eigenvalue weighted by atomic mass is 10.3. The molecule has 0 aliphatic carbocycles. The van der Waals surface area contributed by atoms with Gasteiger partial charge in [0.2, 0.25) is 5.91 Å². The predicted octanol–water partition coefficient (Wildman–Crippen LogP) is 2.54. The largest absolute Gasteiger partial charge is 0.462 e. The van der Waals surface area contributed by atoms with Crippen LogP contribution in [0.25, 0.3) is 6.08 Å². The summed E-state index contributed by atoms with van der Waals surface area (Å²) in [6.45, 7) is 1.80. The lowest BCUT2D eigenvalue weighted by Crippen LogP contribution is -2.09. The minimum atomic E-state index is -0.558. The zero-order chi connectivity index (χ0) is 14.5. The van der Waals surface area contributed by atoms with Gasteiger partial charge in [-0.3, -0.25) is 14.9 Å². The Hall–Kier alpha value is -2.96. The fraction of sp³-hybridized carbons (Fsp3) is 0.0769. The summed E-state index contributed by atoms with van der Waals surface area (Å²) in [5, 5.41) is 12.9. The van der Waals surface area contributed by atoms with E-state index in [1.165, 1.54) is 24.3 Å². The van der Waals surface area contributed by atoms with Gasteiger partial charge < -0.3 is 9.73 Å². The van der Waals surface area contributed by atoms with Gasteiger partial charge in [-0.25, -0.2) is 4.98 Å². The third-order valence-corrected chi connectivity index (χ3v) is 2.37. The van der Waals surface area contributed by atoms with Gasteiger partial charge in [0.25, 0.3) is 5.69 Å². The van der Waals surface area contributed by atoms with Crippen molar-refractivity contribution in [3.63, 3.8) is 0 Å². The first-order valence-electron chi connectivity index (χ1n) is 5.70. The molecule has 0 aliphatic rings. The average Bonchev–Trinajstić information content (AvgIpc) is 2.83. The van der Waals surface area contributed by atoms with Crippen LogP contribution in [0.15, 0.2) is 41.0 Å². The van der Waals surface area contributed by atoms with Gasteiger partial charge in [-0.1, -0.05) is 0 Å². The van der Waals surface area contributed by atoms with Gasteiger partial charge in [0.1, 0.15) is 23.5 Å². The highest BCUT2D eigenvalue weighted by Crippen LogP contribution is 2.12. The number of anilines is 1. The van der Waals surface area contributed by atoms with Gasteiger partial charge in [-0.15, -0.1) is 0 Å². The van der Waals surface area contributed by atoms with Gasteiger partial charge >= 0.3 is 0 Å². The third-order valence-electron chi connectivity index (χ3n) is 2.37. The molecule has 0 radical (unpaired) electrons. The van der Waals surface area contributed by atoms with Crippen LogP contribution >= 0.6 is 0 Å². The molecular formula is C13H11N3O4. The van der Waals surface area contributed by atoms with Crippen molar-refractivity contribution in [1.82, 2.24) is 4.98 Å². The van der Waals surface area contributed by atoms with Crippen LogP contribution < -0.4 is 5.32 Å². The number of nitrogens with zero attached hydrogens (tertiary/aromatic N) is 2. The maximum Gasteiger partial charge on any atom is 0.287 e. The fourth-order valence-electron chi connectivity index (χ4n) is 1.44. The molecule has 2 aromatic rings. The van der Waals surface area contributed by atoms with E-state index in [0.717, 1.165) is 12.0 Å². The van der Waals surface area contributed by atoms with Crippen LogP contribution in [-0.2, 0) is 4.79 Å². The number of aryl methyl sites for hydroxylation is 1. The average molecular weight is 273 g/mol. The van der Waals surface area contributed by atoms with Gasteiger partial charge in [0.15, 0.2) is 0 Å². The molecular weight excluding hydrogens is 262 g/mol. The van der Waals surface area contributed by atoms with E-state index < -0.39 is 10.8 Å². The molecule has 0 spiro atoms. The number of nitro groups is 1. The lowest BCUT2D eigenvalue weighted by molar-refractivity contribution is -0.385. The summed E-state index contributed by atoms with van der Waals surface area (Å²) in [6.07, 6.45) is 3.89. The fourth-order valence-corrected chi connectivity index (χ4v) is 1.44. The minimum Gasteiger partial charge on any atom is -0.462 e. The van der Waals surface area contributed by atoms with E-state index in [2.05, 4.69) is 10.3 Å². The smallest absolute Gasteiger partial charge is 0.287 e. The molecule has 7 nitrogen and oxygen atoms in total. The summed E-state index contributed by atoms with van der Waals surface area (Å²) in [4.78, 5) is 25.3. The molecule has 2 heterocycles. The molecule has 0 saturated heterocycles. The Balaban J connectivity index is 1.97. The van der Waals surface area contributed by atoms with E-state index in [9.17, 15) is 14.9 Å². The summed E-state index contributed by atoms with van der Waals surface area (Å²) in [7, 11) is 0. The van der Waals surface area contributed by atoms with Crippen molar-refractivity contribution in [3.8, 4) is 0 Å². The van der Waals surface area contributed by atoms with Crippen LogP contribution in [0.3, 0.4) is 0 Å². The minimum absolute atomic E-state index is 0.135. The van der Waals surface area contributed by atoms with Crippen molar-refractivity contribution in [1.29, 1.82) is 0 Å². The number of rotatable bonds is 4. The quantitative estimate of drug-likeness (QED) is 0.524. The highest BCUT2D eigenvalue weighted by molar-refractivity contribution is 6.01. The van der Waals surface area contributed by atoms with E-state index in [1.807, 2.05) is 0 Å². The number of pyridine rings is 1. The number of carbonyl (C=O) groups is 1. The lowest BCUT2D eigenvalue weighted by Gasteiger charge is -1.99. The molecule has 2 aromatic heterocycles. The van der Waals surface area contributed by atoms with Gasteiger partial charge in [-0.05, 0) is 31.2 Å². The molecule has 102 valence electrons. The summed E-state index contributed by atoms with van der Waals surface area (Å²) >= 11 is 0. The number of hydrogen-bond donors (Lipinski definition) is 1. The Morgan fingerprint density at radius 1 is 1.40 bits per heavy atom. The number of carbonyl (C=O) groups excluding carboxylic acids is 1. The molecule has 20 heavy (non-hydrogen) atoms. The first kappa shape index (κ1) is 13.5. The van der Waals surface area contributed by atoms with Crippen LogP contribution in [-0.4, -0.2) is 15.8 Å². The van der Waals surface area contributed by atoms with Crippen molar-refractivity contribution in [2.75, 3.05) is 5.32 Å². The predicted molar refractivity (Wildman–Crippen MR) is 72.0 cm³/mol. The monoisotopic (exact) mass is 273 g/mol. The molecule has 0 aromatic carbocycles. The van der Waals surface area contributed by atoms with Gasteiger partial charge in [-0.2, -0.15) is 0 Å². The molecule has 0 unspecified atom stereocenters. The van der Waals surface area contributed by atoms with Crippen molar-refractivity contribution in [2.24, 2.45) is 0 Å². The first-order chi connectivity index (χ1) is 9.54. The van der Waals surface area contributed by atoms with Crippen LogP contribution in [0.2, 0.25) is 0 Å². The molecule has 1 N–H and O–H groups in total. The maximum atomic E-state index is 11.6. The zero-order valence-electron chi connectivity index (χ0n) is 10.6. The highest BCUT2D eigenvalue weighted by atomic mass is 16.6. The highest BCUT2D eigenvalue weighted by Gasteiger charge is 2.06. The second kappa shape index (κ2) is 5.79. The summed E-state index contributed by atoms with van der Waals surface area (Å²) in [5.74, 6) is 1.15. The number of nitrogens with one attached hydrogen (secondary N) is 1. The van der Waals surface area contributed by atoms with Crippen LogP contribution in [0.4, 0.5) is 11.5 Å².